The number of benzene rings is 2. The molecule has 0 saturated carbocycles. The third kappa shape index (κ3) is 4.91. The zero-order valence-corrected chi connectivity index (χ0v) is 13.4. The van der Waals surface area contributed by atoms with E-state index in [9.17, 15) is 0 Å². The molecule has 2 rings (SSSR count). The van der Waals surface area contributed by atoms with Gasteiger partial charge in [-0.25, -0.2) is 0 Å². The summed E-state index contributed by atoms with van der Waals surface area (Å²) in [5.74, 6) is 0.956. The average molecular weight is 283 g/mol. The standard InChI is InChI=1S/C19H25NO/c1-15-9-5-6-11-17(15)14-21-18-12-8-7-10-16(18)13-20-19(2,3)4/h5-12,20H,13-14H2,1-4H3. The van der Waals surface area contributed by atoms with Gasteiger partial charge in [-0.15, -0.1) is 0 Å². The Morgan fingerprint density at radius 2 is 1.52 bits per heavy atom. The van der Waals surface area contributed by atoms with E-state index in [4.69, 9.17) is 4.74 Å². The molecule has 0 saturated heterocycles. The molecule has 0 fully saturated rings. The molecule has 112 valence electrons. The van der Waals surface area contributed by atoms with Crippen LogP contribution in [0.2, 0.25) is 0 Å². The third-order valence-electron chi connectivity index (χ3n) is 3.43. The van der Waals surface area contributed by atoms with E-state index in [1.165, 1.54) is 16.7 Å². The fraction of sp³-hybridized carbons (Fsp3) is 0.368. The largest absolute Gasteiger partial charge is 0.489 e. The van der Waals surface area contributed by atoms with Crippen LogP contribution in [0.1, 0.15) is 37.5 Å². The van der Waals surface area contributed by atoms with Crippen LogP contribution in [-0.4, -0.2) is 5.54 Å². The van der Waals surface area contributed by atoms with Gasteiger partial charge in [0.1, 0.15) is 12.4 Å². The summed E-state index contributed by atoms with van der Waals surface area (Å²) in [5, 5.41) is 3.51. The van der Waals surface area contributed by atoms with Crippen LogP contribution in [-0.2, 0) is 13.2 Å². The van der Waals surface area contributed by atoms with Crippen LogP contribution in [0.5, 0.6) is 5.75 Å². The van der Waals surface area contributed by atoms with Gasteiger partial charge in [-0.05, 0) is 44.9 Å². The molecular formula is C19H25NO. The van der Waals surface area contributed by atoms with Crippen molar-refractivity contribution in [2.45, 2.75) is 46.4 Å². The Hall–Kier alpha value is -1.80. The molecule has 0 aliphatic carbocycles. The fourth-order valence-electron chi connectivity index (χ4n) is 2.08. The number of hydrogen-bond donors (Lipinski definition) is 1. The van der Waals surface area contributed by atoms with Gasteiger partial charge in [0, 0.05) is 17.6 Å². The van der Waals surface area contributed by atoms with Crippen LogP contribution >= 0.6 is 0 Å². The molecular weight excluding hydrogens is 258 g/mol. The number of aryl methyl sites for hydroxylation is 1. The molecule has 0 aliphatic heterocycles. The molecule has 2 aromatic rings. The molecule has 2 aromatic carbocycles. The second-order valence-electron chi connectivity index (χ2n) is 6.43. The summed E-state index contributed by atoms with van der Waals surface area (Å²) < 4.78 is 6.03. The van der Waals surface area contributed by atoms with Crippen molar-refractivity contribution in [3.63, 3.8) is 0 Å². The number of ether oxygens (including phenoxy) is 1. The maximum absolute atomic E-state index is 6.03. The summed E-state index contributed by atoms with van der Waals surface area (Å²) in [7, 11) is 0. The molecule has 2 nitrogen and oxygen atoms in total. The van der Waals surface area contributed by atoms with Gasteiger partial charge in [-0.2, -0.15) is 0 Å². The highest BCUT2D eigenvalue weighted by molar-refractivity contribution is 5.34. The van der Waals surface area contributed by atoms with Crippen LogP contribution in [0.4, 0.5) is 0 Å². The van der Waals surface area contributed by atoms with Crippen LogP contribution in [0.15, 0.2) is 48.5 Å². The van der Waals surface area contributed by atoms with Crippen molar-refractivity contribution in [1.82, 2.24) is 5.32 Å². The molecule has 0 atom stereocenters. The van der Waals surface area contributed by atoms with E-state index in [1.54, 1.807) is 0 Å². The van der Waals surface area contributed by atoms with E-state index >= 15 is 0 Å². The zero-order valence-electron chi connectivity index (χ0n) is 13.4. The fourth-order valence-corrected chi connectivity index (χ4v) is 2.08. The van der Waals surface area contributed by atoms with Gasteiger partial charge in [-0.1, -0.05) is 42.5 Å². The van der Waals surface area contributed by atoms with Crippen LogP contribution in [0.3, 0.4) is 0 Å². The lowest BCUT2D eigenvalue weighted by atomic mass is 10.1. The van der Waals surface area contributed by atoms with Gasteiger partial charge in [0.15, 0.2) is 0 Å². The molecule has 0 aliphatic rings. The van der Waals surface area contributed by atoms with E-state index in [2.05, 4.69) is 69.4 Å². The minimum atomic E-state index is 0.100. The van der Waals surface area contributed by atoms with Crippen molar-refractivity contribution in [2.24, 2.45) is 0 Å². The zero-order chi connectivity index (χ0) is 15.3. The quantitative estimate of drug-likeness (QED) is 0.874. The molecule has 0 spiro atoms. The van der Waals surface area contributed by atoms with Gasteiger partial charge < -0.3 is 10.1 Å². The molecule has 2 heteroatoms. The molecule has 1 N–H and O–H groups in total. The summed E-state index contributed by atoms with van der Waals surface area (Å²) in [6.07, 6.45) is 0. The van der Waals surface area contributed by atoms with E-state index in [0.29, 0.717) is 6.61 Å². The number of nitrogens with one attached hydrogen (secondary N) is 1. The monoisotopic (exact) mass is 283 g/mol. The summed E-state index contributed by atoms with van der Waals surface area (Å²) in [6.45, 7) is 10.1. The van der Waals surface area contributed by atoms with Crippen molar-refractivity contribution >= 4 is 0 Å². The summed E-state index contributed by atoms with van der Waals surface area (Å²) in [6, 6.07) is 16.6. The maximum Gasteiger partial charge on any atom is 0.124 e. The van der Waals surface area contributed by atoms with Gasteiger partial charge in [-0.3, -0.25) is 0 Å². The third-order valence-corrected chi connectivity index (χ3v) is 3.43. The Labute approximate surface area is 128 Å². The van der Waals surface area contributed by atoms with Crippen LogP contribution < -0.4 is 10.1 Å². The first kappa shape index (κ1) is 15.6. The summed E-state index contributed by atoms with van der Waals surface area (Å²) >= 11 is 0. The number of hydrogen-bond acceptors (Lipinski definition) is 2. The smallest absolute Gasteiger partial charge is 0.124 e. The van der Waals surface area contributed by atoms with E-state index in [0.717, 1.165) is 12.3 Å². The predicted molar refractivity (Wildman–Crippen MR) is 88.5 cm³/mol. The van der Waals surface area contributed by atoms with Crippen molar-refractivity contribution < 1.29 is 4.74 Å². The van der Waals surface area contributed by atoms with Gasteiger partial charge >= 0.3 is 0 Å². The SMILES string of the molecule is Cc1ccccc1COc1ccccc1CNC(C)(C)C. The summed E-state index contributed by atoms with van der Waals surface area (Å²) in [5.41, 5.74) is 3.79. The highest BCUT2D eigenvalue weighted by Crippen LogP contribution is 2.20. The summed E-state index contributed by atoms with van der Waals surface area (Å²) in [4.78, 5) is 0. The topological polar surface area (TPSA) is 21.3 Å². The molecule has 21 heavy (non-hydrogen) atoms. The van der Waals surface area contributed by atoms with Crippen molar-refractivity contribution in [3.8, 4) is 5.75 Å². The minimum Gasteiger partial charge on any atom is -0.489 e. The Bertz CT molecular complexity index is 584. The van der Waals surface area contributed by atoms with Crippen molar-refractivity contribution in [2.75, 3.05) is 0 Å². The van der Waals surface area contributed by atoms with Crippen molar-refractivity contribution in [3.05, 3.63) is 65.2 Å². The van der Waals surface area contributed by atoms with E-state index < -0.39 is 0 Å². The van der Waals surface area contributed by atoms with Gasteiger partial charge in [0.05, 0.1) is 0 Å². The molecule has 0 heterocycles. The Balaban J connectivity index is 2.05. The van der Waals surface area contributed by atoms with Gasteiger partial charge in [0.2, 0.25) is 0 Å². The lowest BCUT2D eigenvalue weighted by Gasteiger charge is -2.21. The predicted octanol–water partition coefficient (Wildman–Crippen LogP) is 4.46. The van der Waals surface area contributed by atoms with E-state index in [-0.39, 0.29) is 5.54 Å². The highest BCUT2D eigenvalue weighted by Gasteiger charge is 2.11. The Kier molecular flexibility index (Phi) is 5.03. The molecule has 0 unspecified atom stereocenters. The number of para-hydroxylation sites is 1. The molecule has 0 radical (unpaired) electrons. The highest BCUT2D eigenvalue weighted by atomic mass is 16.5. The first-order chi connectivity index (χ1) is 9.96. The number of rotatable bonds is 5. The first-order valence-corrected chi connectivity index (χ1v) is 7.46. The van der Waals surface area contributed by atoms with E-state index in [1.807, 2.05) is 12.1 Å². The average Bonchev–Trinajstić information content (AvgIpc) is 2.44. The minimum absolute atomic E-state index is 0.100. The first-order valence-electron chi connectivity index (χ1n) is 7.46. The Morgan fingerprint density at radius 1 is 0.905 bits per heavy atom. The van der Waals surface area contributed by atoms with Crippen LogP contribution in [0.25, 0.3) is 0 Å². The van der Waals surface area contributed by atoms with Crippen LogP contribution in [0, 0.1) is 6.92 Å². The van der Waals surface area contributed by atoms with Crippen molar-refractivity contribution in [1.29, 1.82) is 0 Å². The molecule has 0 bridgehead atoms. The lowest BCUT2D eigenvalue weighted by molar-refractivity contribution is 0.299. The Morgan fingerprint density at radius 3 is 2.19 bits per heavy atom. The lowest BCUT2D eigenvalue weighted by Crippen LogP contribution is -2.35. The second-order valence-corrected chi connectivity index (χ2v) is 6.43. The molecule has 0 aromatic heterocycles. The maximum atomic E-state index is 6.03. The van der Waals surface area contributed by atoms with Gasteiger partial charge in [0.25, 0.3) is 0 Å². The second kappa shape index (κ2) is 6.77. The molecule has 0 amide bonds. The normalized spacial score (nSPS) is 11.4.